The molecule has 1 aromatic heterocycles. The normalized spacial score (nSPS) is 14.8. The lowest BCUT2D eigenvalue weighted by Gasteiger charge is -2.26. The van der Waals surface area contributed by atoms with Gasteiger partial charge in [0.15, 0.2) is 5.13 Å². The molecular weight excluding hydrogens is 456 g/mol. The number of nitro groups is 1. The molecule has 4 rings (SSSR count). The van der Waals surface area contributed by atoms with Gasteiger partial charge in [-0.2, -0.15) is 0 Å². The van der Waals surface area contributed by atoms with E-state index in [9.17, 15) is 19.7 Å². The molecule has 0 aliphatic carbocycles. The number of anilines is 1. The number of nitro benzene ring substituents is 1. The van der Waals surface area contributed by atoms with Gasteiger partial charge in [-0.25, -0.2) is 4.98 Å². The Balaban J connectivity index is 1.54. The molecule has 32 heavy (non-hydrogen) atoms. The van der Waals surface area contributed by atoms with Gasteiger partial charge in [0.2, 0.25) is 5.91 Å². The molecule has 0 spiro atoms. The van der Waals surface area contributed by atoms with Gasteiger partial charge in [0.05, 0.1) is 23.3 Å². The quantitative estimate of drug-likeness (QED) is 0.413. The first-order chi connectivity index (χ1) is 15.3. The molecule has 0 saturated carbocycles. The molecule has 0 fully saturated rings. The van der Waals surface area contributed by atoms with Crippen LogP contribution in [-0.4, -0.2) is 28.3 Å². The summed E-state index contributed by atoms with van der Waals surface area (Å²) in [7, 11) is 0. The fourth-order valence-electron chi connectivity index (χ4n) is 3.38. The van der Waals surface area contributed by atoms with Crippen molar-refractivity contribution >= 4 is 45.6 Å². The Hall–Kier alpha value is -3.50. The first-order valence-corrected chi connectivity index (χ1v) is 10.8. The average molecular weight is 473 g/mol. The monoisotopic (exact) mass is 472 g/mol. The standard InChI is InChI=1S/C21H17ClN4O5S/c1-11(27)23-16-6-7-31-19-5-3-12(8-14(16)19)17-10-32-21(24-17)25-20(28)13-2-4-15(22)18(9-13)26(29)30/h2-5,8-10,16H,6-7H2,1H3,(H,23,27)(H,24,25,28). The van der Waals surface area contributed by atoms with E-state index in [-0.39, 0.29) is 28.2 Å². The molecular formula is C21H17ClN4O5S. The number of halogens is 1. The zero-order valence-corrected chi connectivity index (χ0v) is 18.3. The minimum absolute atomic E-state index is 0.0444. The van der Waals surface area contributed by atoms with Gasteiger partial charge in [0.25, 0.3) is 11.6 Å². The van der Waals surface area contributed by atoms with Crippen molar-refractivity contribution < 1.29 is 19.2 Å². The fraction of sp³-hybridized carbons (Fsp3) is 0.190. The van der Waals surface area contributed by atoms with Crippen LogP contribution >= 0.6 is 22.9 Å². The van der Waals surface area contributed by atoms with Gasteiger partial charge in [-0.1, -0.05) is 11.6 Å². The molecule has 1 aliphatic heterocycles. The number of carbonyl (C=O) groups excluding carboxylic acids is 2. The van der Waals surface area contributed by atoms with Crippen LogP contribution in [0.5, 0.6) is 5.75 Å². The molecule has 2 aromatic carbocycles. The molecule has 1 unspecified atom stereocenters. The first kappa shape index (κ1) is 21.7. The zero-order chi connectivity index (χ0) is 22.8. The van der Waals surface area contributed by atoms with Crippen molar-refractivity contribution in [2.24, 2.45) is 0 Å². The molecule has 164 valence electrons. The number of hydrogen-bond acceptors (Lipinski definition) is 7. The lowest BCUT2D eigenvalue weighted by Crippen LogP contribution is -2.30. The van der Waals surface area contributed by atoms with Crippen molar-refractivity contribution in [1.82, 2.24) is 10.3 Å². The Morgan fingerprint density at radius 2 is 2.09 bits per heavy atom. The van der Waals surface area contributed by atoms with Crippen LogP contribution in [0, 0.1) is 10.1 Å². The molecule has 0 radical (unpaired) electrons. The molecule has 11 heteroatoms. The minimum Gasteiger partial charge on any atom is -0.493 e. The summed E-state index contributed by atoms with van der Waals surface area (Å²) in [5.41, 5.74) is 2.08. The third kappa shape index (κ3) is 4.56. The Labute approximate surface area is 191 Å². The third-order valence-corrected chi connectivity index (χ3v) is 5.93. The highest BCUT2D eigenvalue weighted by Crippen LogP contribution is 2.36. The van der Waals surface area contributed by atoms with Crippen LogP contribution < -0.4 is 15.4 Å². The highest BCUT2D eigenvalue weighted by atomic mass is 35.5. The van der Waals surface area contributed by atoms with Crippen LogP contribution in [0.25, 0.3) is 11.3 Å². The molecule has 2 N–H and O–H groups in total. The van der Waals surface area contributed by atoms with Gasteiger partial charge in [-0.15, -0.1) is 11.3 Å². The van der Waals surface area contributed by atoms with E-state index in [0.717, 1.165) is 17.2 Å². The summed E-state index contributed by atoms with van der Waals surface area (Å²) in [6.07, 6.45) is 0.668. The number of rotatable bonds is 5. The van der Waals surface area contributed by atoms with Crippen molar-refractivity contribution in [2.45, 2.75) is 19.4 Å². The van der Waals surface area contributed by atoms with E-state index in [1.54, 1.807) is 5.38 Å². The second-order valence-electron chi connectivity index (χ2n) is 7.06. The number of fused-ring (bicyclic) bond motifs is 1. The van der Waals surface area contributed by atoms with E-state index in [1.165, 1.54) is 30.4 Å². The van der Waals surface area contributed by atoms with Crippen LogP contribution in [0.3, 0.4) is 0 Å². The summed E-state index contributed by atoms with van der Waals surface area (Å²) in [6.45, 7) is 2.00. The largest absolute Gasteiger partial charge is 0.493 e. The Bertz CT molecular complexity index is 1230. The van der Waals surface area contributed by atoms with Gasteiger partial charge in [-0.05, 0) is 30.3 Å². The van der Waals surface area contributed by atoms with Gasteiger partial charge >= 0.3 is 0 Å². The van der Waals surface area contributed by atoms with Crippen LogP contribution in [0.4, 0.5) is 10.8 Å². The lowest BCUT2D eigenvalue weighted by atomic mass is 9.97. The topological polar surface area (TPSA) is 123 Å². The van der Waals surface area contributed by atoms with E-state index in [0.29, 0.717) is 29.6 Å². The summed E-state index contributed by atoms with van der Waals surface area (Å²) in [4.78, 5) is 38.9. The predicted molar refractivity (Wildman–Crippen MR) is 120 cm³/mol. The van der Waals surface area contributed by atoms with Crippen LogP contribution in [-0.2, 0) is 4.79 Å². The van der Waals surface area contributed by atoms with Crippen LogP contribution in [0.15, 0.2) is 41.8 Å². The molecule has 1 atom stereocenters. The molecule has 3 aromatic rings. The maximum absolute atomic E-state index is 12.5. The van der Waals surface area contributed by atoms with Crippen molar-refractivity contribution in [1.29, 1.82) is 0 Å². The van der Waals surface area contributed by atoms with Crippen molar-refractivity contribution in [3.05, 3.63) is 68.0 Å². The van der Waals surface area contributed by atoms with Crippen molar-refractivity contribution in [3.63, 3.8) is 0 Å². The second kappa shape index (κ2) is 8.93. The number of aromatic nitrogens is 1. The minimum atomic E-state index is -0.644. The highest BCUT2D eigenvalue weighted by Gasteiger charge is 2.23. The number of nitrogens with zero attached hydrogens (tertiary/aromatic N) is 2. The summed E-state index contributed by atoms with van der Waals surface area (Å²) < 4.78 is 5.68. The number of hydrogen-bond donors (Lipinski definition) is 2. The van der Waals surface area contributed by atoms with Gasteiger partial charge in [0, 0.05) is 41.5 Å². The van der Waals surface area contributed by atoms with E-state index in [4.69, 9.17) is 16.3 Å². The van der Waals surface area contributed by atoms with Crippen LogP contribution in [0.2, 0.25) is 5.02 Å². The third-order valence-electron chi connectivity index (χ3n) is 4.85. The van der Waals surface area contributed by atoms with E-state index in [1.807, 2.05) is 18.2 Å². The summed E-state index contributed by atoms with van der Waals surface area (Å²) in [5.74, 6) is 0.0661. The molecule has 9 nitrogen and oxygen atoms in total. The number of nitrogens with one attached hydrogen (secondary N) is 2. The number of benzene rings is 2. The average Bonchev–Trinajstić information content (AvgIpc) is 3.22. The Morgan fingerprint density at radius 1 is 1.28 bits per heavy atom. The molecule has 0 bridgehead atoms. The fourth-order valence-corrected chi connectivity index (χ4v) is 4.28. The molecule has 2 heterocycles. The SMILES string of the molecule is CC(=O)NC1CCOc2ccc(-c3csc(NC(=O)c4ccc(Cl)c([N+](=O)[O-])c4)n3)cc21. The molecule has 1 aliphatic rings. The number of amides is 2. The predicted octanol–water partition coefficient (Wildman–Crippen LogP) is 4.58. The summed E-state index contributed by atoms with van der Waals surface area (Å²) in [5, 5.41) is 18.7. The van der Waals surface area contributed by atoms with Crippen molar-refractivity contribution in [3.8, 4) is 17.0 Å². The second-order valence-corrected chi connectivity index (χ2v) is 8.32. The Kier molecular flexibility index (Phi) is 6.06. The summed E-state index contributed by atoms with van der Waals surface area (Å²) >= 11 is 7.03. The number of ether oxygens (including phenoxy) is 1. The van der Waals surface area contributed by atoms with E-state index >= 15 is 0 Å². The zero-order valence-electron chi connectivity index (χ0n) is 16.8. The van der Waals surface area contributed by atoms with E-state index in [2.05, 4.69) is 15.6 Å². The van der Waals surface area contributed by atoms with Gasteiger partial charge < -0.3 is 10.1 Å². The van der Waals surface area contributed by atoms with E-state index < -0.39 is 10.8 Å². The Morgan fingerprint density at radius 3 is 2.84 bits per heavy atom. The maximum Gasteiger partial charge on any atom is 0.288 e. The smallest absolute Gasteiger partial charge is 0.288 e. The van der Waals surface area contributed by atoms with Gasteiger partial charge in [-0.3, -0.25) is 25.0 Å². The lowest BCUT2D eigenvalue weighted by molar-refractivity contribution is -0.384. The molecule has 0 saturated heterocycles. The number of carbonyl (C=O) groups is 2. The maximum atomic E-state index is 12.5. The molecule has 2 amide bonds. The number of thiazole rings is 1. The first-order valence-electron chi connectivity index (χ1n) is 9.57. The van der Waals surface area contributed by atoms with Crippen molar-refractivity contribution in [2.75, 3.05) is 11.9 Å². The summed E-state index contributed by atoms with van der Waals surface area (Å²) in [6, 6.07) is 9.31. The van der Waals surface area contributed by atoms with Crippen LogP contribution in [0.1, 0.15) is 35.3 Å². The highest BCUT2D eigenvalue weighted by molar-refractivity contribution is 7.14. The van der Waals surface area contributed by atoms with Gasteiger partial charge in [0.1, 0.15) is 10.8 Å².